The van der Waals surface area contributed by atoms with Crippen LogP contribution >= 0.6 is 0 Å². The molecule has 16 heavy (non-hydrogen) atoms. The van der Waals surface area contributed by atoms with Crippen LogP contribution in [-0.2, 0) is 6.54 Å². The fraction of sp³-hybridized carbons (Fsp3) is 0.308. The van der Waals surface area contributed by atoms with Gasteiger partial charge in [0.15, 0.2) is 0 Å². The molecule has 2 aromatic heterocycles. The molecule has 0 fully saturated rings. The Morgan fingerprint density at radius 2 is 2.25 bits per heavy atom. The van der Waals surface area contributed by atoms with Crippen molar-refractivity contribution in [2.45, 2.75) is 19.5 Å². The average Bonchev–Trinajstić information content (AvgIpc) is 2.75. The lowest BCUT2D eigenvalue weighted by molar-refractivity contribution is 0.451. The van der Waals surface area contributed by atoms with E-state index in [4.69, 9.17) is 0 Å². The molecule has 0 amide bonds. The number of aromatic nitrogens is 2. The van der Waals surface area contributed by atoms with Crippen LogP contribution in [0.25, 0.3) is 11.4 Å². The Labute approximate surface area is 95.1 Å². The smallest absolute Gasteiger partial charge is 0.0866 e. The van der Waals surface area contributed by atoms with Gasteiger partial charge in [0, 0.05) is 31.0 Å². The number of hydrogen-bond donors (Lipinski definition) is 1. The van der Waals surface area contributed by atoms with Crippen LogP contribution in [0.2, 0.25) is 0 Å². The third-order valence-electron chi connectivity index (χ3n) is 3.17. The maximum absolute atomic E-state index is 4.41. The van der Waals surface area contributed by atoms with Crippen molar-refractivity contribution < 1.29 is 0 Å². The van der Waals surface area contributed by atoms with Gasteiger partial charge < -0.3 is 9.88 Å². The van der Waals surface area contributed by atoms with Crippen LogP contribution in [0.1, 0.15) is 18.7 Å². The van der Waals surface area contributed by atoms with Gasteiger partial charge in [0.2, 0.25) is 0 Å². The van der Waals surface area contributed by atoms with Gasteiger partial charge in [0.05, 0.1) is 11.4 Å². The van der Waals surface area contributed by atoms with E-state index in [0.29, 0.717) is 6.04 Å². The normalized spacial score (nSPS) is 19.4. The Morgan fingerprint density at radius 3 is 3.06 bits per heavy atom. The van der Waals surface area contributed by atoms with E-state index in [9.17, 15) is 0 Å². The summed E-state index contributed by atoms with van der Waals surface area (Å²) >= 11 is 0. The molecule has 0 saturated heterocycles. The topological polar surface area (TPSA) is 29.9 Å². The predicted octanol–water partition coefficient (Wildman–Crippen LogP) is 2.21. The van der Waals surface area contributed by atoms with Crippen LogP contribution in [0, 0.1) is 0 Å². The van der Waals surface area contributed by atoms with Gasteiger partial charge in [0.25, 0.3) is 0 Å². The van der Waals surface area contributed by atoms with Crippen LogP contribution in [0.4, 0.5) is 0 Å². The van der Waals surface area contributed by atoms with E-state index in [2.05, 4.69) is 40.0 Å². The number of pyridine rings is 1. The molecule has 1 unspecified atom stereocenters. The molecule has 1 N–H and O–H groups in total. The van der Waals surface area contributed by atoms with E-state index in [1.54, 1.807) is 0 Å². The van der Waals surface area contributed by atoms with E-state index in [-0.39, 0.29) is 0 Å². The molecule has 3 rings (SSSR count). The molecule has 3 nitrogen and oxygen atoms in total. The zero-order valence-electron chi connectivity index (χ0n) is 9.35. The Morgan fingerprint density at radius 1 is 1.31 bits per heavy atom. The third-order valence-corrected chi connectivity index (χ3v) is 3.17. The molecule has 1 atom stereocenters. The zero-order valence-corrected chi connectivity index (χ0v) is 9.35. The molecule has 0 aliphatic carbocycles. The highest BCUT2D eigenvalue weighted by atomic mass is 15.1. The third kappa shape index (κ3) is 1.44. The summed E-state index contributed by atoms with van der Waals surface area (Å²) < 4.78 is 2.36. The maximum atomic E-state index is 4.41. The first-order valence-electron chi connectivity index (χ1n) is 5.70. The van der Waals surface area contributed by atoms with E-state index in [1.807, 2.05) is 18.3 Å². The highest BCUT2D eigenvalue weighted by Gasteiger charge is 2.18. The standard InChI is InChI=1S/C13H15N3/c1-10-12-5-6-13(16(12)9-8-14-10)11-4-2-3-7-15-11/h2-7,10,14H,8-9H2,1H3. The fourth-order valence-electron chi connectivity index (χ4n) is 2.35. The first kappa shape index (κ1) is 9.60. The summed E-state index contributed by atoms with van der Waals surface area (Å²) in [6.45, 7) is 4.26. The molecule has 3 heterocycles. The molecule has 0 aromatic carbocycles. The van der Waals surface area contributed by atoms with Gasteiger partial charge in [-0.2, -0.15) is 0 Å². The van der Waals surface area contributed by atoms with E-state index in [1.165, 1.54) is 11.4 Å². The van der Waals surface area contributed by atoms with Crippen molar-refractivity contribution in [2.24, 2.45) is 0 Å². The SMILES string of the molecule is CC1NCCn2c(-c3ccccn3)ccc21. The Hall–Kier alpha value is -1.61. The van der Waals surface area contributed by atoms with Crippen molar-refractivity contribution in [3.05, 3.63) is 42.2 Å². The molecule has 1 aliphatic heterocycles. The van der Waals surface area contributed by atoms with Crippen LogP contribution < -0.4 is 5.32 Å². The van der Waals surface area contributed by atoms with Crippen LogP contribution in [0.15, 0.2) is 36.5 Å². The monoisotopic (exact) mass is 213 g/mol. The van der Waals surface area contributed by atoms with Gasteiger partial charge in [-0.05, 0) is 31.2 Å². The minimum absolute atomic E-state index is 0.436. The second-order valence-corrected chi connectivity index (χ2v) is 4.19. The van der Waals surface area contributed by atoms with Gasteiger partial charge in [0.1, 0.15) is 0 Å². The minimum Gasteiger partial charge on any atom is -0.341 e. The van der Waals surface area contributed by atoms with Crippen molar-refractivity contribution >= 4 is 0 Å². The molecule has 2 aromatic rings. The molecule has 82 valence electrons. The summed E-state index contributed by atoms with van der Waals surface area (Å²) in [5.41, 5.74) is 3.64. The van der Waals surface area contributed by atoms with Crippen molar-refractivity contribution in [3.63, 3.8) is 0 Å². The summed E-state index contributed by atoms with van der Waals surface area (Å²) in [6.07, 6.45) is 1.85. The molecule has 0 bridgehead atoms. The highest BCUT2D eigenvalue weighted by molar-refractivity contribution is 5.56. The molecular weight excluding hydrogens is 198 g/mol. The Bertz CT molecular complexity index is 487. The largest absolute Gasteiger partial charge is 0.341 e. The van der Waals surface area contributed by atoms with Crippen LogP contribution in [0.5, 0.6) is 0 Å². The quantitative estimate of drug-likeness (QED) is 0.787. The number of fused-ring (bicyclic) bond motifs is 1. The molecule has 0 spiro atoms. The predicted molar refractivity (Wildman–Crippen MR) is 64.1 cm³/mol. The molecular formula is C13H15N3. The van der Waals surface area contributed by atoms with Gasteiger partial charge in [-0.3, -0.25) is 4.98 Å². The van der Waals surface area contributed by atoms with Crippen molar-refractivity contribution in [2.75, 3.05) is 6.54 Å². The van der Waals surface area contributed by atoms with Crippen molar-refractivity contribution in [1.82, 2.24) is 14.9 Å². The summed E-state index contributed by atoms with van der Waals surface area (Å²) in [6, 6.07) is 10.9. The lowest BCUT2D eigenvalue weighted by Gasteiger charge is -2.24. The van der Waals surface area contributed by atoms with E-state index in [0.717, 1.165) is 18.8 Å². The highest BCUT2D eigenvalue weighted by Crippen LogP contribution is 2.26. The van der Waals surface area contributed by atoms with Gasteiger partial charge in [-0.15, -0.1) is 0 Å². The van der Waals surface area contributed by atoms with Crippen molar-refractivity contribution in [1.29, 1.82) is 0 Å². The first-order valence-corrected chi connectivity index (χ1v) is 5.70. The summed E-state index contributed by atoms with van der Waals surface area (Å²) in [7, 11) is 0. The Balaban J connectivity index is 2.10. The van der Waals surface area contributed by atoms with Crippen LogP contribution in [-0.4, -0.2) is 16.1 Å². The lowest BCUT2D eigenvalue weighted by Crippen LogP contribution is -2.31. The maximum Gasteiger partial charge on any atom is 0.0866 e. The van der Waals surface area contributed by atoms with Crippen molar-refractivity contribution in [3.8, 4) is 11.4 Å². The molecule has 0 radical (unpaired) electrons. The molecule has 3 heteroatoms. The second-order valence-electron chi connectivity index (χ2n) is 4.19. The number of nitrogens with zero attached hydrogens (tertiary/aromatic N) is 2. The minimum atomic E-state index is 0.436. The number of nitrogens with one attached hydrogen (secondary N) is 1. The van der Waals surface area contributed by atoms with E-state index >= 15 is 0 Å². The molecule has 0 saturated carbocycles. The Kier molecular flexibility index (Phi) is 2.26. The summed E-state index contributed by atoms with van der Waals surface area (Å²) in [5, 5.41) is 3.46. The van der Waals surface area contributed by atoms with Gasteiger partial charge >= 0.3 is 0 Å². The van der Waals surface area contributed by atoms with Gasteiger partial charge in [-0.1, -0.05) is 6.07 Å². The van der Waals surface area contributed by atoms with Gasteiger partial charge in [-0.25, -0.2) is 0 Å². The van der Waals surface area contributed by atoms with Crippen LogP contribution in [0.3, 0.4) is 0 Å². The fourth-order valence-corrected chi connectivity index (χ4v) is 2.35. The van der Waals surface area contributed by atoms with E-state index < -0.39 is 0 Å². The summed E-state index contributed by atoms with van der Waals surface area (Å²) in [5.74, 6) is 0. The average molecular weight is 213 g/mol. The first-order chi connectivity index (χ1) is 7.86. The lowest BCUT2D eigenvalue weighted by atomic mass is 10.2. The number of rotatable bonds is 1. The second kappa shape index (κ2) is 3.76. The summed E-state index contributed by atoms with van der Waals surface area (Å²) in [4.78, 5) is 4.41. The number of hydrogen-bond acceptors (Lipinski definition) is 2. The zero-order chi connectivity index (χ0) is 11.0. The molecule has 1 aliphatic rings.